The number of rotatable bonds is 11. The molecule has 208 valence electrons. The van der Waals surface area contributed by atoms with E-state index in [1.165, 1.54) is 4.90 Å². The van der Waals surface area contributed by atoms with Gasteiger partial charge in [-0.25, -0.2) is 0 Å². The molecule has 3 atom stereocenters. The van der Waals surface area contributed by atoms with Gasteiger partial charge in [-0.05, 0) is 35.4 Å². The number of aliphatic hydroxyl groups excluding tert-OH is 1. The maximum absolute atomic E-state index is 13.5. The molecule has 6 nitrogen and oxygen atoms in total. The van der Waals surface area contributed by atoms with Crippen LogP contribution >= 0.6 is 0 Å². The quantitative estimate of drug-likeness (QED) is 0.315. The largest absolute Gasteiger partial charge is 0.391 e. The van der Waals surface area contributed by atoms with Crippen molar-refractivity contribution in [1.82, 2.24) is 10.2 Å². The number of carbonyl (C=O) groups is 2. The number of unbranched alkanes of at least 4 members (excludes halogenated alkanes) is 1. The molecule has 0 aliphatic carbocycles. The summed E-state index contributed by atoms with van der Waals surface area (Å²) in [6, 6.07) is 30.8. The fourth-order valence-electron chi connectivity index (χ4n) is 5.80. The van der Waals surface area contributed by atoms with E-state index in [2.05, 4.69) is 25.2 Å². The van der Waals surface area contributed by atoms with Crippen LogP contribution in [-0.2, 0) is 15.0 Å². The highest BCUT2D eigenvalue weighted by atomic mass is 16.3. The fraction of sp³-hybridized carbons (Fsp3) is 0.382. The summed E-state index contributed by atoms with van der Waals surface area (Å²) in [6.45, 7) is 4.28. The first kappa shape index (κ1) is 29.0. The van der Waals surface area contributed by atoms with Crippen LogP contribution in [0, 0.1) is 17.2 Å². The number of hydrogen-bond donors (Lipinski definition) is 2. The van der Waals surface area contributed by atoms with Crippen LogP contribution in [0.3, 0.4) is 0 Å². The summed E-state index contributed by atoms with van der Waals surface area (Å²) in [5.74, 6) is -0.283. The van der Waals surface area contributed by atoms with Gasteiger partial charge in [0.25, 0.3) is 0 Å². The van der Waals surface area contributed by atoms with Crippen molar-refractivity contribution in [3.05, 3.63) is 108 Å². The first-order chi connectivity index (χ1) is 19.4. The Kier molecular flexibility index (Phi) is 9.74. The second kappa shape index (κ2) is 13.4. The molecule has 3 aromatic carbocycles. The molecule has 1 saturated heterocycles. The number of nitrogens with one attached hydrogen (secondary N) is 1. The number of amides is 2. The molecule has 3 aromatic rings. The van der Waals surface area contributed by atoms with Crippen LogP contribution in [-0.4, -0.2) is 40.5 Å². The molecule has 2 amide bonds. The second-order valence-electron chi connectivity index (χ2n) is 11.0. The lowest BCUT2D eigenvalue weighted by Gasteiger charge is -2.31. The number of hydrogen-bond acceptors (Lipinski definition) is 4. The number of nitrogens with zero attached hydrogens (tertiary/aromatic N) is 2. The Hall–Kier alpha value is -3.95. The summed E-state index contributed by atoms with van der Waals surface area (Å²) in [5.41, 5.74) is 2.29. The van der Waals surface area contributed by atoms with Gasteiger partial charge in [-0.15, -0.1) is 0 Å². The fourth-order valence-corrected chi connectivity index (χ4v) is 5.80. The normalized spacial score (nSPS) is 18.4. The minimum absolute atomic E-state index is 0.125. The zero-order chi connectivity index (χ0) is 28.5. The van der Waals surface area contributed by atoms with Gasteiger partial charge in [-0.1, -0.05) is 111 Å². The van der Waals surface area contributed by atoms with E-state index in [0.717, 1.165) is 16.7 Å². The molecule has 0 saturated carbocycles. The van der Waals surface area contributed by atoms with Crippen molar-refractivity contribution in [2.45, 2.75) is 69.6 Å². The molecule has 40 heavy (non-hydrogen) atoms. The molecule has 0 aromatic heterocycles. The van der Waals surface area contributed by atoms with Crippen molar-refractivity contribution in [2.75, 3.05) is 6.54 Å². The topological polar surface area (TPSA) is 93.4 Å². The minimum atomic E-state index is -0.739. The Labute approximate surface area is 237 Å². The number of likely N-dealkylation sites (tertiary alicyclic amines) is 1. The van der Waals surface area contributed by atoms with Crippen LogP contribution in [0.2, 0.25) is 0 Å². The minimum Gasteiger partial charge on any atom is -0.391 e. The van der Waals surface area contributed by atoms with Crippen molar-refractivity contribution in [2.24, 2.45) is 5.92 Å². The molecule has 0 bridgehead atoms. The number of benzene rings is 3. The summed E-state index contributed by atoms with van der Waals surface area (Å²) in [7, 11) is 0. The molecular formula is C34H39N3O3. The summed E-state index contributed by atoms with van der Waals surface area (Å²) in [4.78, 5) is 28.4. The predicted molar refractivity (Wildman–Crippen MR) is 156 cm³/mol. The van der Waals surface area contributed by atoms with Gasteiger partial charge in [0.05, 0.1) is 23.6 Å². The number of carbonyl (C=O) groups excluding carboxylic acids is 2. The Morgan fingerprint density at radius 1 is 0.950 bits per heavy atom. The third-order valence-electron chi connectivity index (χ3n) is 8.14. The van der Waals surface area contributed by atoms with Gasteiger partial charge in [0.2, 0.25) is 11.8 Å². The van der Waals surface area contributed by atoms with Crippen LogP contribution < -0.4 is 5.32 Å². The number of aliphatic hydroxyl groups is 1. The van der Waals surface area contributed by atoms with Gasteiger partial charge in [0.1, 0.15) is 6.04 Å². The van der Waals surface area contributed by atoms with Crippen LogP contribution in [0.1, 0.15) is 68.7 Å². The SMILES string of the molecule is CC(C)[C@@](C#N)(CCCCC(=O)N1C[C@H](O)C[C@@H]1C(=O)NC(c1ccccc1)c1ccccc1)c1ccccc1. The van der Waals surface area contributed by atoms with E-state index in [0.29, 0.717) is 19.3 Å². The molecule has 1 fully saturated rings. The zero-order valence-electron chi connectivity index (χ0n) is 23.4. The van der Waals surface area contributed by atoms with Crippen LogP contribution in [0.15, 0.2) is 91.0 Å². The predicted octanol–water partition coefficient (Wildman–Crippen LogP) is 5.53. The van der Waals surface area contributed by atoms with Crippen LogP contribution in [0.25, 0.3) is 0 Å². The van der Waals surface area contributed by atoms with E-state index in [-0.39, 0.29) is 43.2 Å². The summed E-state index contributed by atoms with van der Waals surface area (Å²) >= 11 is 0. The first-order valence-corrected chi connectivity index (χ1v) is 14.2. The Bertz CT molecular complexity index is 1250. The molecule has 0 spiro atoms. The second-order valence-corrected chi connectivity index (χ2v) is 11.0. The highest BCUT2D eigenvalue weighted by Gasteiger charge is 2.40. The standard InChI is InChI=1S/C34H39N3O3/c1-25(2)34(24-35,28-18-10-5-11-19-28)21-13-12-20-31(39)37-23-29(38)22-30(37)33(40)36-32(26-14-6-3-7-15-26)27-16-8-4-9-17-27/h3-11,14-19,25,29-30,32,38H,12-13,20-23H2,1-2H3,(H,36,40)/t29-,30-,34+/m1/s1. The molecule has 6 heteroatoms. The lowest BCUT2D eigenvalue weighted by atomic mass is 9.69. The van der Waals surface area contributed by atoms with Gasteiger partial charge in [0.15, 0.2) is 0 Å². The van der Waals surface area contributed by atoms with E-state index >= 15 is 0 Å². The van der Waals surface area contributed by atoms with Crippen LogP contribution in [0.4, 0.5) is 0 Å². The lowest BCUT2D eigenvalue weighted by molar-refractivity contribution is -0.138. The maximum atomic E-state index is 13.5. The van der Waals surface area contributed by atoms with Crippen LogP contribution in [0.5, 0.6) is 0 Å². The average molecular weight is 538 g/mol. The molecule has 1 aliphatic heterocycles. The van der Waals surface area contributed by atoms with Gasteiger partial charge < -0.3 is 15.3 Å². The first-order valence-electron chi connectivity index (χ1n) is 14.2. The molecule has 4 rings (SSSR count). The molecule has 0 unspecified atom stereocenters. The van der Waals surface area contributed by atoms with Gasteiger partial charge in [-0.2, -0.15) is 5.26 Å². The summed E-state index contributed by atoms with van der Waals surface area (Å²) < 4.78 is 0. The van der Waals surface area contributed by atoms with E-state index in [1.54, 1.807) is 0 Å². The van der Waals surface area contributed by atoms with Crippen molar-refractivity contribution in [3.8, 4) is 6.07 Å². The highest BCUT2D eigenvalue weighted by Crippen LogP contribution is 2.37. The number of nitriles is 1. The summed E-state index contributed by atoms with van der Waals surface area (Å²) in [6.07, 6.45) is 1.72. The summed E-state index contributed by atoms with van der Waals surface area (Å²) in [5, 5.41) is 23.7. The van der Waals surface area contributed by atoms with Crippen molar-refractivity contribution >= 4 is 11.8 Å². The number of β-amino-alcohol motifs (C(OH)–C–C–N with tert-alkyl or cyclic N) is 1. The highest BCUT2D eigenvalue weighted by molar-refractivity contribution is 5.89. The molecule has 1 aliphatic rings. The monoisotopic (exact) mass is 537 g/mol. The van der Waals surface area contributed by atoms with Gasteiger partial charge in [0, 0.05) is 19.4 Å². The zero-order valence-corrected chi connectivity index (χ0v) is 23.4. The van der Waals surface area contributed by atoms with E-state index in [1.807, 2.05) is 91.0 Å². The van der Waals surface area contributed by atoms with E-state index in [4.69, 9.17) is 0 Å². The third-order valence-corrected chi connectivity index (χ3v) is 8.14. The van der Waals surface area contributed by atoms with Gasteiger partial charge in [-0.3, -0.25) is 9.59 Å². The van der Waals surface area contributed by atoms with Crippen molar-refractivity contribution < 1.29 is 14.7 Å². The Balaban J connectivity index is 1.40. The average Bonchev–Trinajstić information content (AvgIpc) is 3.39. The molecule has 1 heterocycles. The Morgan fingerprint density at radius 3 is 2.02 bits per heavy atom. The smallest absolute Gasteiger partial charge is 0.243 e. The van der Waals surface area contributed by atoms with E-state index in [9.17, 15) is 20.0 Å². The van der Waals surface area contributed by atoms with E-state index < -0.39 is 17.6 Å². The van der Waals surface area contributed by atoms with Crippen molar-refractivity contribution in [1.29, 1.82) is 5.26 Å². The molecule has 0 radical (unpaired) electrons. The maximum Gasteiger partial charge on any atom is 0.243 e. The molecular weight excluding hydrogens is 498 g/mol. The lowest BCUT2D eigenvalue weighted by Crippen LogP contribution is -2.47. The Morgan fingerprint density at radius 2 is 1.50 bits per heavy atom. The van der Waals surface area contributed by atoms with Gasteiger partial charge >= 0.3 is 0 Å². The third kappa shape index (κ3) is 6.60. The van der Waals surface area contributed by atoms with Crippen molar-refractivity contribution in [3.63, 3.8) is 0 Å². The molecule has 2 N–H and O–H groups in total.